The molecule has 0 unspecified atom stereocenters. The molecule has 104 valence electrons. The van der Waals surface area contributed by atoms with Gasteiger partial charge in [-0.2, -0.15) is 9.78 Å². The highest BCUT2D eigenvalue weighted by Crippen LogP contribution is 2.45. The van der Waals surface area contributed by atoms with E-state index in [1.165, 1.54) is 12.1 Å². The number of nitrogens with zero attached hydrogens (tertiary/aromatic N) is 2. The van der Waals surface area contributed by atoms with Crippen molar-refractivity contribution in [1.82, 2.24) is 15.1 Å². The number of benzene rings is 1. The minimum atomic E-state index is -0.495. The van der Waals surface area contributed by atoms with E-state index in [1.54, 1.807) is 19.1 Å². The van der Waals surface area contributed by atoms with E-state index in [0.717, 1.165) is 23.1 Å². The van der Waals surface area contributed by atoms with Crippen molar-refractivity contribution >= 4 is 11.8 Å². The Hall–Kier alpha value is -2.37. The van der Waals surface area contributed by atoms with E-state index in [2.05, 4.69) is 10.4 Å². The number of nitrogens with one attached hydrogen (secondary N) is 1. The van der Waals surface area contributed by atoms with Crippen LogP contribution >= 0.6 is 0 Å². The van der Waals surface area contributed by atoms with Crippen LogP contribution in [0.25, 0.3) is 0 Å². The maximum Gasteiger partial charge on any atom is 0.344 e. The fourth-order valence-electron chi connectivity index (χ4n) is 2.34. The first kappa shape index (κ1) is 12.7. The third kappa shape index (κ3) is 2.13. The number of nitrogen functional groups attached to an aromatic ring is 1. The summed E-state index contributed by atoms with van der Waals surface area (Å²) in [5, 5.41) is 6.94. The molecule has 1 fully saturated rings. The first-order valence-electron chi connectivity index (χ1n) is 6.41. The zero-order chi connectivity index (χ0) is 14.3. The number of amides is 1. The van der Waals surface area contributed by atoms with E-state index in [9.17, 15) is 9.18 Å². The topological polar surface area (TPSA) is 72.9 Å². The lowest BCUT2D eigenvalue weighted by Crippen LogP contribution is -2.38. The van der Waals surface area contributed by atoms with Crippen molar-refractivity contribution < 1.29 is 9.18 Å². The van der Waals surface area contributed by atoms with Gasteiger partial charge in [0, 0.05) is 6.07 Å². The van der Waals surface area contributed by atoms with Crippen molar-refractivity contribution in [2.75, 3.05) is 5.73 Å². The molecule has 1 heterocycles. The van der Waals surface area contributed by atoms with Crippen molar-refractivity contribution in [3.8, 4) is 0 Å². The van der Waals surface area contributed by atoms with E-state index >= 15 is 0 Å². The molecule has 0 spiro atoms. The first-order valence-corrected chi connectivity index (χ1v) is 6.41. The van der Waals surface area contributed by atoms with Crippen molar-refractivity contribution in [1.29, 1.82) is 0 Å². The number of rotatable bonds is 2. The number of halogens is 1. The van der Waals surface area contributed by atoms with Gasteiger partial charge in [-0.3, -0.25) is 0 Å². The number of nitrogens with two attached hydrogens (primary N) is 1. The van der Waals surface area contributed by atoms with E-state index in [-0.39, 0.29) is 11.6 Å². The lowest BCUT2D eigenvalue weighted by atomic mass is 10.1. The Labute approximate surface area is 115 Å². The SMILES string of the molecule is Cc1cc(N)n(C(=O)NC2(c3cccc(F)c3)CC2)n1. The summed E-state index contributed by atoms with van der Waals surface area (Å²) in [6.07, 6.45) is 1.56. The number of carbonyl (C=O) groups excluding carboxylic acids is 1. The number of anilines is 1. The second kappa shape index (κ2) is 4.33. The van der Waals surface area contributed by atoms with Crippen molar-refractivity contribution in [2.24, 2.45) is 0 Å². The standard InChI is InChI=1S/C14H15FN4O/c1-9-7-12(16)19(18-9)13(20)17-14(5-6-14)10-3-2-4-11(15)8-10/h2-4,7-8H,5-6,16H2,1H3,(H,17,20). The molecule has 1 aromatic heterocycles. The van der Waals surface area contributed by atoms with E-state index in [1.807, 2.05) is 6.07 Å². The van der Waals surface area contributed by atoms with E-state index in [4.69, 9.17) is 5.73 Å². The van der Waals surface area contributed by atoms with Crippen LogP contribution in [0, 0.1) is 12.7 Å². The molecule has 1 saturated carbocycles. The van der Waals surface area contributed by atoms with Gasteiger partial charge in [-0.05, 0) is 37.5 Å². The summed E-state index contributed by atoms with van der Waals surface area (Å²) in [7, 11) is 0. The van der Waals surface area contributed by atoms with Gasteiger partial charge in [0.1, 0.15) is 11.6 Å². The van der Waals surface area contributed by atoms with Crippen LogP contribution in [-0.4, -0.2) is 15.8 Å². The van der Waals surface area contributed by atoms with Crippen LogP contribution in [0.15, 0.2) is 30.3 Å². The zero-order valence-corrected chi connectivity index (χ0v) is 11.1. The molecule has 1 amide bonds. The van der Waals surface area contributed by atoms with Gasteiger partial charge >= 0.3 is 6.03 Å². The number of aromatic nitrogens is 2. The second-order valence-corrected chi connectivity index (χ2v) is 5.14. The smallest absolute Gasteiger partial charge is 0.344 e. The van der Waals surface area contributed by atoms with Gasteiger partial charge in [0.15, 0.2) is 0 Å². The summed E-state index contributed by atoms with van der Waals surface area (Å²) < 4.78 is 14.4. The minimum Gasteiger partial charge on any atom is -0.383 e. The molecule has 3 N–H and O–H groups in total. The van der Waals surface area contributed by atoms with Crippen LogP contribution in [0.1, 0.15) is 24.1 Å². The largest absolute Gasteiger partial charge is 0.383 e. The molecule has 5 nitrogen and oxygen atoms in total. The molecular formula is C14H15FN4O. The summed E-state index contributed by atoms with van der Waals surface area (Å²) in [5.41, 5.74) is 6.68. The first-order chi connectivity index (χ1) is 9.50. The predicted octanol–water partition coefficient (Wildman–Crippen LogP) is 2.16. The van der Waals surface area contributed by atoms with Gasteiger partial charge in [-0.1, -0.05) is 12.1 Å². The molecule has 0 saturated heterocycles. The van der Waals surface area contributed by atoms with Crippen LogP contribution in [-0.2, 0) is 5.54 Å². The molecule has 0 radical (unpaired) electrons. The molecule has 1 aliphatic rings. The summed E-state index contributed by atoms with van der Waals surface area (Å²) in [5.74, 6) is -0.0208. The van der Waals surface area contributed by atoms with Crippen molar-refractivity contribution in [3.63, 3.8) is 0 Å². The quantitative estimate of drug-likeness (QED) is 0.881. The summed E-state index contributed by atoms with van der Waals surface area (Å²) in [6, 6.07) is 7.53. The Bertz CT molecular complexity index is 676. The van der Waals surface area contributed by atoms with E-state index in [0.29, 0.717) is 5.69 Å². The average Bonchev–Trinajstić information content (AvgIpc) is 3.08. The van der Waals surface area contributed by atoms with Crippen LogP contribution in [0.2, 0.25) is 0 Å². The van der Waals surface area contributed by atoms with Crippen molar-refractivity contribution in [3.05, 3.63) is 47.4 Å². The summed E-state index contributed by atoms with van der Waals surface area (Å²) in [6.45, 7) is 1.76. The Balaban J connectivity index is 1.84. The molecule has 0 bridgehead atoms. The highest BCUT2D eigenvalue weighted by molar-refractivity contribution is 5.80. The van der Waals surface area contributed by atoms with Gasteiger partial charge < -0.3 is 11.1 Å². The van der Waals surface area contributed by atoms with Gasteiger partial charge in [-0.15, -0.1) is 0 Å². The molecule has 0 aliphatic heterocycles. The number of carbonyl (C=O) groups is 1. The van der Waals surface area contributed by atoms with Crippen molar-refractivity contribution in [2.45, 2.75) is 25.3 Å². The molecule has 0 atom stereocenters. The lowest BCUT2D eigenvalue weighted by Gasteiger charge is -2.18. The molecular weight excluding hydrogens is 259 g/mol. The lowest BCUT2D eigenvalue weighted by molar-refractivity contribution is 0.235. The average molecular weight is 274 g/mol. The minimum absolute atomic E-state index is 0.287. The number of hydrogen-bond donors (Lipinski definition) is 2. The highest BCUT2D eigenvalue weighted by atomic mass is 19.1. The van der Waals surface area contributed by atoms with Gasteiger partial charge in [-0.25, -0.2) is 9.18 Å². The van der Waals surface area contributed by atoms with Gasteiger partial charge in [0.05, 0.1) is 11.2 Å². The third-order valence-electron chi connectivity index (χ3n) is 3.52. The van der Waals surface area contributed by atoms with Gasteiger partial charge in [0.25, 0.3) is 0 Å². The van der Waals surface area contributed by atoms with Gasteiger partial charge in [0.2, 0.25) is 0 Å². The van der Waals surface area contributed by atoms with Crippen LogP contribution in [0.5, 0.6) is 0 Å². The normalized spacial score (nSPS) is 15.9. The molecule has 1 aliphatic carbocycles. The fraction of sp³-hybridized carbons (Fsp3) is 0.286. The Kier molecular flexibility index (Phi) is 2.74. The number of aryl methyl sites for hydroxylation is 1. The van der Waals surface area contributed by atoms with Crippen LogP contribution < -0.4 is 11.1 Å². The van der Waals surface area contributed by atoms with Crippen LogP contribution in [0.3, 0.4) is 0 Å². The molecule has 20 heavy (non-hydrogen) atoms. The second-order valence-electron chi connectivity index (χ2n) is 5.14. The summed E-state index contributed by atoms with van der Waals surface area (Å²) in [4.78, 5) is 12.2. The molecule has 2 aromatic rings. The molecule has 6 heteroatoms. The summed E-state index contributed by atoms with van der Waals surface area (Å²) >= 11 is 0. The fourth-order valence-corrected chi connectivity index (χ4v) is 2.34. The Morgan fingerprint density at radius 3 is 2.75 bits per heavy atom. The Morgan fingerprint density at radius 2 is 2.20 bits per heavy atom. The van der Waals surface area contributed by atoms with Crippen LogP contribution in [0.4, 0.5) is 15.0 Å². The highest BCUT2D eigenvalue weighted by Gasteiger charge is 2.46. The maximum atomic E-state index is 13.3. The maximum absolute atomic E-state index is 13.3. The predicted molar refractivity (Wildman–Crippen MR) is 72.6 cm³/mol. The number of hydrogen-bond acceptors (Lipinski definition) is 3. The molecule has 3 rings (SSSR count). The van der Waals surface area contributed by atoms with E-state index < -0.39 is 11.6 Å². The monoisotopic (exact) mass is 274 g/mol. The third-order valence-corrected chi connectivity index (χ3v) is 3.52. The molecule has 1 aromatic carbocycles. The Morgan fingerprint density at radius 1 is 1.45 bits per heavy atom. The zero-order valence-electron chi connectivity index (χ0n) is 11.1.